The zero-order valence-electron chi connectivity index (χ0n) is 13.8. The van der Waals surface area contributed by atoms with E-state index in [1.807, 2.05) is 24.3 Å². The zero-order valence-corrected chi connectivity index (χ0v) is 13.8. The summed E-state index contributed by atoms with van der Waals surface area (Å²) in [6, 6.07) is 13.3. The van der Waals surface area contributed by atoms with Crippen LogP contribution in [0.2, 0.25) is 0 Å². The number of rotatable bonds is 7. The van der Waals surface area contributed by atoms with Crippen molar-refractivity contribution >= 4 is 12.1 Å². The number of nitrogens with zero attached hydrogens (tertiary/aromatic N) is 1. The van der Waals surface area contributed by atoms with E-state index < -0.39 is 0 Å². The molecule has 0 saturated carbocycles. The first-order chi connectivity index (χ1) is 11.5. The highest BCUT2D eigenvalue weighted by Gasteiger charge is 2.03. The highest BCUT2D eigenvalue weighted by Crippen LogP contribution is 2.13. The molecular weight excluding hydrogens is 307 g/mol. The summed E-state index contributed by atoms with van der Waals surface area (Å²) in [5, 5.41) is 3.86. The third-order valence-corrected chi connectivity index (χ3v) is 3.14. The van der Waals surface area contributed by atoms with Gasteiger partial charge in [0.1, 0.15) is 11.6 Å². The van der Waals surface area contributed by atoms with Crippen molar-refractivity contribution in [2.75, 3.05) is 6.61 Å². The molecule has 0 radical (unpaired) electrons. The van der Waals surface area contributed by atoms with Gasteiger partial charge in [0.05, 0.1) is 19.2 Å². The Bertz CT molecular complexity index is 680. The van der Waals surface area contributed by atoms with Gasteiger partial charge in [-0.25, -0.2) is 9.82 Å². The second-order valence-electron chi connectivity index (χ2n) is 5.87. The van der Waals surface area contributed by atoms with Crippen LogP contribution in [0, 0.1) is 11.7 Å². The second-order valence-corrected chi connectivity index (χ2v) is 5.87. The predicted molar refractivity (Wildman–Crippen MR) is 92.6 cm³/mol. The van der Waals surface area contributed by atoms with Crippen molar-refractivity contribution in [1.29, 1.82) is 0 Å². The topological polar surface area (TPSA) is 50.7 Å². The van der Waals surface area contributed by atoms with E-state index in [0.29, 0.717) is 18.1 Å². The molecule has 2 rings (SSSR count). The quantitative estimate of drug-likeness (QED) is 0.624. The maximum absolute atomic E-state index is 12.8. The Morgan fingerprint density at radius 2 is 1.83 bits per heavy atom. The third-order valence-electron chi connectivity index (χ3n) is 3.14. The number of carbonyl (C=O) groups excluding carboxylic acids is 1. The molecule has 1 N–H and O–H groups in total. The number of amides is 1. The van der Waals surface area contributed by atoms with Gasteiger partial charge in [0.25, 0.3) is 0 Å². The van der Waals surface area contributed by atoms with E-state index in [4.69, 9.17) is 4.74 Å². The van der Waals surface area contributed by atoms with Gasteiger partial charge in [0, 0.05) is 0 Å². The molecule has 0 heterocycles. The van der Waals surface area contributed by atoms with Gasteiger partial charge in [-0.1, -0.05) is 38.1 Å². The van der Waals surface area contributed by atoms with Gasteiger partial charge in [-0.05, 0) is 41.3 Å². The minimum Gasteiger partial charge on any atom is -0.493 e. The summed E-state index contributed by atoms with van der Waals surface area (Å²) < 4.78 is 18.4. The summed E-state index contributed by atoms with van der Waals surface area (Å²) in [6.07, 6.45) is 1.70. The Balaban J connectivity index is 1.80. The van der Waals surface area contributed by atoms with Crippen LogP contribution in [0.1, 0.15) is 25.0 Å². The SMILES string of the molecule is CC(C)COc1ccc(CC(=O)N/N=C/c2ccc(F)cc2)cc1. The first-order valence-electron chi connectivity index (χ1n) is 7.82. The van der Waals surface area contributed by atoms with E-state index >= 15 is 0 Å². The predicted octanol–water partition coefficient (Wildman–Crippen LogP) is 3.55. The lowest BCUT2D eigenvalue weighted by molar-refractivity contribution is -0.120. The van der Waals surface area contributed by atoms with Crippen LogP contribution >= 0.6 is 0 Å². The van der Waals surface area contributed by atoms with E-state index in [9.17, 15) is 9.18 Å². The Morgan fingerprint density at radius 3 is 2.46 bits per heavy atom. The number of ether oxygens (including phenoxy) is 1. The molecule has 24 heavy (non-hydrogen) atoms. The monoisotopic (exact) mass is 328 g/mol. The van der Waals surface area contributed by atoms with Crippen molar-refractivity contribution in [2.45, 2.75) is 20.3 Å². The standard InChI is InChI=1S/C19H21FN2O2/c1-14(2)13-24-18-9-5-15(6-10-18)11-19(23)22-21-12-16-3-7-17(20)8-4-16/h3-10,12,14H,11,13H2,1-2H3,(H,22,23)/b21-12+. The van der Waals surface area contributed by atoms with Crippen LogP contribution in [-0.4, -0.2) is 18.7 Å². The lowest BCUT2D eigenvalue weighted by Gasteiger charge is -2.09. The molecule has 0 atom stereocenters. The van der Waals surface area contributed by atoms with Crippen molar-refractivity contribution in [3.8, 4) is 5.75 Å². The summed E-state index contributed by atoms with van der Waals surface area (Å²) in [5.74, 6) is 0.734. The van der Waals surface area contributed by atoms with Crippen LogP contribution in [0.4, 0.5) is 4.39 Å². The minimum absolute atomic E-state index is 0.218. The number of carbonyl (C=O) groups is 1. The van der Waals surface area contributed by atoms with Crippen molar-refractivity contribution in [3.63, 3.8) is 0 Å². The first-order valence-corrected chi connectivity index (χ1v) is 7.82. The summed E-state index contributed by atoms with van der Waals surface area (Å²) in [4.78, 5) is 11.8. The van der Waals surface area contributed by atoms with Gasteiger partial charge in [0.15, 0.2) is 0 Å². The molecule has 0 fully saturated rings. The van der Waals surface area contributed by atoms with Crippen molar-refractivity contribution < 1.29 is 13.9 Å². The molecule has 2 aromatic carbocycles. The Hall–Kier alpha value is -2.69. The summed E-state index contributed by atoms with van der Waals surface area (Å²) in [6.45, 7) is 4.84. The Labute approximate surface area is 141 Å². The number of benzene rings is 2. The van der Waals surface area contributed by atoms with Crippen LogP contribution in [0.3, 0.4) is 0 Å². The van der Waals surface area contributed by atoms with E-state index in [1.165, 1.54) is 18.3 Å². The van der Waals surface area contributed by atoms with Crippen LogP contribution in [0.15, 0.2) is 53.6 Å². The van der Waals surface area contributed by atoms with Gasteiger partial charge in [0.2, 0.25) is 5.91 Å². The van der Waals surface area contributed by atoms with Gasteiger partial charge < -0.3 is 4.74 Å². The first kappa shape index (κ1) is 17.7. The number of nitrogens with one attached hydrogen (secondary N) is 1. The molecule has 0 spiro atoms. The summed E-state index contributed by atoms with van der Waals surface area (Å²) in [5.41, 5.74) is 4.04. The average molecular weight is 328 g/mol. The Kier molecular flexibility index (Phi) is 6.49. The largest absolute Gasteiger partial charge is 0.493 e. The molecule has 2 aromatic rings. The number of hydrogen-bond acceptors (Lipinski definition) is 3. The number of hydrogen-bond donors (Lipinski definition) is 1. The summed E-state index contributed by atoms with van der Waals surface area (Å²) >= 11 is 0. The molecule has 0 aromatic heterocycles. The zero-order chi connectivity index (χ0) is 17.4. The van der Waals surface area contributed by atoms with E-state index in [2.05, 4.69) is 24.4 Å². The molecule has 0 aliphatic heterocycles. The van der Waals surface area contributed by atoms with Gasteiger partial charge in [-0.3, -0.25) is 4.79 Å². The van der Waals surface area contributed by atoms with Crippen LogP contribution in [0.5, 0.6) is 5.75 Å². The smallest absolute Gasteiger partial charge is 0.244 e. The highest BCUT2D eigenvalue weighted by atomic mass is 19.1. The Morgan fingerprint density at radius 1 is 1.17 bits per heavy atom. The van der Waals surface area contributed by atoms with Crippen molar-refractivity contribution in [2.24, 2.45) is 11.0 Å². The highest BCUT2D eigenvalue weighted by molar-refractivity contribution is 5.83. The van der Waals surface area contributed by atoms with E-state index in [1.54, 1.807) is 12.1 Å². The molecule has 1 amide bonds. The number of halogens is 1. The molecule has 0 aliphatic rings. The van der Waals surface area contributed by atoms with Crippen LogP contribution in [-0.2, 0) is 11.2 Å². The van der Waals surface area contributed by atoms with Crippen molar-refractivity contribution in [3.05, 3.63) is 65.5 Å². The molecule has 5 heteroatoms. The molecular formula is C19H21FN2O2. The molecule has 0 aliphatic carbocycles. The third kappa shape index (κ3) is 6.20. The van der Waals surface area contributed by atoms with Gasteiger partial charge in [-0.15, -0.1) is 0 Å². The average Bonchev–Trinajstić information content (AvgIpc) is 2.56. The fraction of sp³-hybridized carbons (Fsp3) is 0.263. The maximum Gasteiger partial charge on any atom is 0.244 e. The lowest BCUT2D eigenvalue weighted by atomic mass is 10.1. The van der Waals surface area contributed by atoms with Crippen LogP contribution in [0.25, 0.3) is 0 Å². The van der Waals surface area contributed by atoms with Crippen LogP contribution < -0.4 is 10.2 Å². The van der Waals surface area contributed by atoms with E-state index in [0.717, 1.165) is 11.3 Å². The maximum atomic E-state index is 12.8. The molecule has 0 saturated heterocycles. The second kappa shape index (κ2) is 8.82. The normalized spacial score (nSPS) is 11.0. The minimum atomic E-state index is -0.308. The van der Waals surface area contributed by atoms with E-state index in [-0.39, 0.29) is 18.1 Å². The lowest BCUT2D eigenvalue weighted by Crippen LogP contribution is -2.19. The summed E-state index contributed by atoms with van der Waals surface area (Å²) in [7, 11) is 0. The van der Waals surface area contributed by atoms with Gasteiger partial charge >= 0.3 is 0 Å². The molecule has 4 nitrogen and oxygen atoms in total. The van der Waals surface area contributed by atoms with Gasteiger partial charge in [-0.2, -0.15) is 5.10 Å². The molecule has 0 bridgehead atoms. The fourth-order valence-corrected chi connectivity index (χ4v) is 1.92. The fourth-order valence-electron chi connectivity index (χ4n) is 1.92. The molecule has 0 unspecified atom stereocenters. The number of hydrazone groups is 1. The molecule has 126 valence electrons. The van der Waals surface area contributed by atoms with Crippen molar-refractivity contribution in [1.82, 2.24) is 5.43 Å².